The Morgan fingerprint density at radius 1 is 1.47 bits per heavy atom. The van der Waals surface area contributed by atoms with Crippen LogP contribution in [0.2, 0.25) is 0 Å². The van der Waals surface area contributed by atoms with Crippen LogP contribution in [-0.4, -0.2) is 35.6 Å². The summed E-state index contributed by atoms with van der Waals surface area (Å²) in [7, 11) is 0. The predicted octanol–water partition coefficient (Wildman–Crippen LogP) is 0.914. The predicted molar refractivity (Wildman–Crippen MR) is 64.3 cm³/mol. The Bertz CT molecular complexity index is 240. The van der Waals surface area contributed by atoms with Crippen LogP contribution < -0.4 is 11.1 Å². The lowest BCUT2D eigenvalue weighted by Gasteiger charge is -2.28. The molecule has 0 aliphatic heterocycles. The molecule has 0 aromatic carbocycles. The van der Waals surface area contributed by atoms with Crippen LogP contribution >= 0.6 is 12.4 Å². The van der Waals surface area contributed by atoms with Gasteiger partial charge in [0.05, 0.1) is 0 Å². The monoisotopic (exact) mass is 274 g/mol. The van der Waals surface area contributed by atoms with Crippen molar-refractivity contribution in [1.29, 1.82) is 0 Å². The average molecular weight is 275 g/mol. The minimum atomic E-state index is -3.85. The van der Waals surface area contributed by atoms with Gasteiger partial charge in [-0.15, -0.1) is 12.4 Å². The quantitative estimate of drug-likeness (QED) is 0.674. The first-order chi connectivity index (χ1) is 7.25. The summed E-state index contributed by atoms with van der Waals surface area (Å²) in [6, 6.07) is -1.14. The third-order valence-electron chi connectivity index (χ3n) is 2.34. The van der Waals surface area contributed by atoms with Crippen LogP contribution in [0.5, 0.6) is 0 Å². The van der Waals surface area contributed by atoms with Crippen LogP contribution in [0.1, 0.15) is 27.2 Å². The van der Waals surface area contributed by atoms with E-state index >= 15 is 0 Å². The molecule has 4 N–H and O–H groups in total. The molecule has 2 atom stereocenters. The molecule has 0 bridgehead atoms. The Hall–Kier alpha value is -0.460. The van der Waals surface area contributed by atoms with Crippen LogP contribution in [0.25, 0.3) is 0 Å². The van der Waals surface area contributed by atoms with Gasteiger partial charge in [-0.2, -0.15) is 8.78 Å². The highest BCUT2D eigenvalue weighted by Gasteiger charge is 2.49. The lowest BCUT2D eigenvalue weighted by molar-refractivity contribution is -0.167. The summed E-state index contributed by atoms with van der Waals surface area (Å²) >= 11 is 0. The third kappa shape index (κ3) is 5.14. The third-order valence-corrected chi connectivity index (χ3v) is 2.34. The number of nitrogens with one attached hydrogen (secondary N) is 1. The minimum Gasteiger partial charge on any atom is -0.385 e. The van der Waals surface area contributed by atoms with Crippen molar-refractivity contribution in [2.24, 2.45) is 11.7 Å². The molecule has 0 spiro atoms. The second kappa shape index (κ2) is 7.79. The van der Waals surface area contributed by atoms with E-state index < -0.39 is 24.0 Å². The molecule has 0 heterocycles. The standard InChI is InChI=1S/C10H20F2N2O2.ClH/c1-4-5-14-9(16)10(11,12)8(15)7(13)6(2)3;/h6-8,15H,4-5,13H2,1-3H3,(H,14,16);1H/t7-,8?;/m0./s1. The number of aliphatic hydroxyl groups is 1. The molecule has 0 rings (SSSR count). The Kier molecular flexibility index (Phi) is 8.65. The first kappa shape index (κ1) is 18.9. The number of nitrogens with two attached hydrogens (primary N) is 1. The van der Waals surface area contributed by atoms with Crippen LogP contribution in [0.15, 0.2) is 0 Å². The number of hydrogen-bond donors (Lipinski definition) is 3. The Morgan fingerprint density at radius 2 is 1.94 bits per heavy atom. The van der Waals surface area contributed by atoms with Gasteiger partial charge in [-0.1, -0.05) is 20.8 Å². The van der Waals surface area contributed by atoms with Crippen molar-refractivity contribution in [3.8, 4) is 0 Å². The maximum Gasteiger partial charge on any atom is 0.351 e. The fourth-order valence-corrected chi connectivity index (χ4v) is 1.10. The van der Waals surface area contributed by atoms with Crippen molar-refractivity contribution in [2.45, 2.75) is 45.3 Å². The van der Waals surface area contributed by atoms with Gasteiger partial charge >= 0.3 is 5.92 Å². The number of amides is 1. The molecule has 4 nitrogen and oxygen atoms in total. The van der Waals surface area contributed by atoms with Crippen molar-refractivity contribution >= 4 is 18.3 Å². The molecule has 0 aromatic heterocycles. The normalized spacial score (nSPS) is 15.1. The van der Waals surface area contributed by atoms with E-state index in [1.54, 1.807) is 20.8 Å². The minimum absolute atomic E-state index is 0. The molecular weight excluding hydrogens is 254 g/mol. The van der Waals surface area contributed by atoms with E-state index in [2.05, 4.69) is 0 Å². The molecule has 7 heteroatoms. The summed E-state index contributed by atoms with van der Waals surface area (Å²) in [6.07, 6.45) is -1.61. The Labute approximate surface area is 106 Å². The molecule has 1 unspecified atom stereocenters. The number of hydrogen-bond acceptors (Lipinski definition) is 3. The van der Waals surface area contributed by atoms with Crippen LogP contribution in [-0.2, 0) is 4.79 Å². The molecular formula is C10H21ClF2N2O2. The van der Waals surface area contributed by atoms with Crippen molar-refractivity contribution in [2.75, 3.05) is 6.54 Å². The molecule has 0 aromatic rings. The van der Waals surface area contributed by atoms with Crippen molar-refractivity contribution < 1.29 is 18.7 Å². The second-order valence-corrected chi connectivity index (χ2v) is 4.15. The zero-order chi connectivity index (χ0) is 12.9. The SMILES string of the molecule is CCCNC(=O)C(F)(F)C(O)[C@@H](N)C(C)C.Cl. The zero-order valence-corrected chi connectivity index (χ0v) is 11.1. The topological polar surface area (TPSA) is 75.3 Å². The van der Waals surface area contributed by atoms with Gasteiger partial charge in [0, 0.05) is 12.6 Å². The van der Waals surface area contributed by atoms with Crippen molar-refractivity contribution in [3.63, 3.8) is 0 Å². The Balaban J connectivity index is 0. The molecule has 0 saturated heterocycles. The summed E-state index contributed by atoms with van der Waals surface area (Å²) in [5, 5.41) is 11.4. The van der Waals surface area contributed by atoms with Gasteiger partial charge < -0.3 is 16.2 Å². The number of alkyl halides is 2. The van der Waals surface area contributed by atoms with E-state index in [-0.39, 0.29) is 24.9 Å². The summed E-state index contributed by atoms with van der Waals surface area (Å²) in [4.78, 5) is 11.1. The lowest BCUT2D eigenvalue weighted by atomic mass is 9.95. The average Bonchev–Trinajstić information content (AvgIpc) is 2.23. The van der Waals surface area contributed by atoms with Gasteiger partial charge in [-0.3, -0.25) is 4.79 Å². The fourth-order valence-electron chi connectivity index (χ4n) is 1.10. The molecule has 0 radical (unpaired) electrons. The highest BCUT2D eigenvalue weighted by atomic mass is 35.5. The molecule has 104 valence electrons. The van der Waals surface area contributed by atoms with Crippen LogP contribution in [0.4, 0.5) is 8.78 Å². The van der Waals surface area contributed by atoms with Crippen LogP contribution in [0.3, 0.4) is 0 Å². The van der Waals surface area contributed by atoms with Crippen molar-refractivity contribution in [3.05, 3.63) is 0 Å². The van der Waals surface area contributed by atoms with Gasteiger partial charge in [0.2, 0.25) is 0 Å². The molecule has 0 saturated carbocycles. The molecule has 0 fully saturated rings. The first-order valence-electron chi connectivity index (χ1n) is 5.34. The zero-order valence-electron chi connectivity index (χ0n) is 10.2. The first-order valence-corrected chi connectivity index (χ1v) is 5.34. The maximum atomic E-state index is 13.4. The molecule has 0 aliphatic rings. The highest BCUT2D eigenvalue weighted by molar-refractivity contribution is 5.85. The van der Waals surface area contributed by atoms with E-state index in [9.17, 15) is 18.7 Å². The molecule has 0 aliphatic carbocycles. The van der Waals surface area contributed by atoms with Gasteiger partial charge in [0.1, 0.15) is 6.10 Å². The summed E-state index contributed by atoms with van der Waals surface area (Å²) in [5.74, 6) is -5.66. The van der Waals surface area contributed by atoms with Gasteiger partial charge in [0.25, 0.3) is 5.91 Å². The second-order valence-electron chi connectivity index (χ2n) is 4.15. The van der Waals surface area contributed by atoms with Gasteiger partial charge in [-0.25, -0.2) is 0 Å². The van der Waals surface area contributed by atoms with Gasteiger partial charge in [-0.05, 0) is 12.3 Å². The Morgan fingerprint density at radius 3 is 2.29 bits per heavy atom. The van der Waals surface area contributed by atoms with Gasteiger partial charge in [0.15, 0.2) is 0 Å². The van der Waals surface area contributed by atoms with E-state index in [1.165, 1.54) is 0 Å². The van der Waals surface area contributed by atoms with Crippen LogP contribution in [0, 0.1) is 5.92 Å². The highest BCUT2D eigenvalue weighted by Crippen LogP contribution is 2.23. The lowest BCUT2D eigenvalue weighted by Crippen LogP contribution is -2.56. The molecule has 1 amide bonds. The summed E-state index contributed by atoms with van der Waals surface area (Å²) in [6.45, 7) is 5.11. The van der Waals surface area contributed by atoms with E-state index in [0.29, 0.717) is 6.42 Å². The van der Waals surface area contributed by atoms with E-state index in [1.807, 2.05) is 5.32 Å². The smallest absolute Gasteiger partial charge is 0.351 e. The van der Waals surface area contributed by atoms with Crippen molar-refractivity contribution in [1.82, 2.24) is 5.32 Å². The number of halogens is 3. The number of aliphatic hydroxyl groups excluding tert-OH is 1. The number of rotatable bonds is 6. The number of carbonyl (C=O) groups excluding carboxylic acids is 1. The number of carbonyl (C=O) groups is 1. The maximum absolute atomic E-state index is 13.4. The largest absolute Gasteiger partial charge is 0.385 e. The van der Waals surface area contributed by atoms with E-state index in [4.69, 9.17) is 5.73 Å². The molecule has 17 heavy (non-hydrogen) atoms. The summed E-state index contributed by atoms with van der Waals surface area (Å²) < 4.78 is 26.8. The summed E-state index contributed by atoms with van der Waals surface area (Å²) in [5.41, 5.74) is 5.40. The fraction of sp³-hybridized carbons (Fsp3) is 0.900. The van der Waals surface area contributed by atoms with E-state index in [0.717, 1.165) is 0 Å².